The molecule has 1 N–H and O–H groups in total. The summed E-state index contributed by atoms with van der Waals surface area (Å²) < 4.78 is 0. The minimum absolute atomic E-state index is 0.211. The Labute approximate surface area is 128 Å². The Morgan fingerprint density at radius 3 is 2.48 bits per heavy atom. The van der Waals surface area contributed by atoms with E-state index in [-0.39, 0.29) is 5.92 Å². The lowest BCUT2D eigenvalue weighted by Crippen LogP contribution is -2.44. The first-order chi connectivity index (χ1) is 10.1. The van der Waals surface area contributed by atoms with E-state index in [9.17, 15) is 4.79 Å². The number of benzene rings is 1. The molecule has 2 rings (SSSR count). The van der Waals surface area contributed by atoms with E-state index in [1.807, 2.05) is 11.9 Å². The van der Waals surface area contributed by atoms with Gasteiger partial charge in [-0.15, -0.1) is 0 Å². The molecule has 3 heteroatoms. The van der Waals surface area contributed by atoms with E-state index in [0.29, 0.717) is 11.9 Å². The summed E-state index contributed by atoms with van der Waals surface area (Å²) in [7, 11) is 1.98. The number of hydrogen-bond acceptors (Lipinski definition) is 2. The molecule has 1 atom stereocenters. The van der Waals surface area contributed by atoms with Gasteiger partial charge in [-0.25, -0.2) is 0 Å². The summed E-state index contributed by atoms with van der Waals surface area (Å²) in [5.41, 5.74) is 2.60. The molecule has 0 radical (unpaired) electrons. The highest BCUT2D eigenvalue weighted by Crippen LogP contribution is 2.19. The fourth-order valence-electron chi connectivity index (χ4n) is 3.09. The van der Waals surface area contributed by atoms with E-state index in [0.717, 1.165) is 38.8 Å². The quantitative estimate of drug-likeness (QED) is 0.903. The van der Waals surface area contributed by atoms with Crippen molar-refractivity contribution in [3.8, 4) is 0 Å². The maximum absolute atomic E-state index is 12.6. The third kappa shape index (κ3) is 4.31. The number of aryl methyl sites for hydroxylation is 1. The molecule has 0 bridgehead atoms. The number of amides is 1. The Morgan fingerprint density at radius 2 is 1.90 bits per heavy atom. The van der Waals surface area contributed by atoms with Crippen molar-refractivity contribution in [1.82, 2.24) is 10.2 Å². The molecule has 1 aliphatic rings. The maximum Gasteiger partial charge on any atom is 0.225 e. The third-order valence-corrected chi connectivity index (χ3v) is 4.65. The van der Waals surface area contributed by atoms with Gasteiger partial charge in [0.15, 0.2) is 0 Å². The lowest BCUT2D eigenvalue weighted by Gasteiger charge is -2.32. The first-order valence-electron chi connectivity index (χ1n) is 8.14. The number of nitrogens with one attached hydrogen (secondary N) is 1. The fraction of sp³-hybridized carbons (Fsp3) is 0.611. The van der Waals surface area contributed by atoms with Crippen molar-refractivity contribution in [2.24, 2.45) is 5.92 Å². The number of nitrogens with zero attached hydrogens (tertiary/aromatic N) is 1. The Morgan fingerprint density at radius 1 is 1.29 bits per heavy atom. The predicted molar refractivity (Wildman–Crippen MR) is 87.3 cm³/mol. The van der Waals surface area contributed by atoms with Crippen LogP contribution in [0.3, 0.4) is 0 Å². The average molecular weight is 288 g/mol. The van der Waals surface area contributed by atoms with Crippen LogP contribution in [0.2, 0.25) is 0 Å². The van der Waals surface area contributed by atoms with E-state index >= 15 is 0 Å². The number of rotatable bonds is 5. The largest absolute Gasteiger partial charge is 0.342 e. The van der Waals surface area contributed by atoms with Crippen molar-refractivity contribution >= 4 is 5.91 Å². The Hall–Kier alpha value is -1.35. The van der Waals surface area contributed by atoms with E-state index in [4.69, 9.17) is 0 Å². The molecule has 1 saturated heterocycles. The molecule has 1 aromatic rings. The van der Waals surface area contributed by atoms with Gasteiger partial charge in [-0.3, -0.25) is 4.79 Å². The summed E-state index contributed by atoms with van der Waals surface area (Å²) in [6.07, 6.45) is 3.90. The van der Waals surface area contributed by atoms with Crippen LogP contribution in [-0.4, -0.2) is 37.0 Å². The third-order valence-electron chi connectivity index (χ3n) is 4.65. The zero-order valence-electron chi connectivity index (χ0n) is 13.6. The van der Waals surface area contributed by atoms with Gasteiger partial charge in [0, 0.05) is 19.0 Å². The van der Waals surface area contributed by atoms with Crippen LogP contribution in [-0.2, 0) is 11.2 Å². The van der Waals surface area contributed by atoms with Crippen molar-refractivity contribution in [2.45, 2.75) is 45.6 Å². The van der Waals surface area contributed by atoms with Gasteiger partial charge in [0.2, 0.25) is 5.91 Å². The van der Waals surface area contributed by atoms with Gasteiger partial charge in [-0.2, -0.15) is 0 Å². The van der Waals surface area contributed by atoms with Crippen molar-refractivity contribution in [3.63, 3.8) is 0 Å². The highest BCUT2D eigenvalue weighted by Gasteiger charge is 2.27. The molecule has 1 fully saturated rings. The second-order valence-corrected chi connectivity index (χ2v) is 6.23. The monoisotopic (exact) mass is 288 g/mol. The molecule has 21 heavy (non-hydrogen) atoms. The van der Waals surface area contributed by atoms with E-state index in [1.54, 1.807) is 0 Å². The van der Waals surface area contributed by atoms with Crippen LogP contribution in [0.4, 0.5) is 0 Å². The maximum atomic E-state index is 12.6. The molecule has 0 aromatic heterocycles. The standard InChI is InChI=1S/C18H28N2O/c1-4-17(13-15-7-5-14(2)6-8-15)20(3)18(21)16-9-11-19-12-10-16/h5-8,16-17,19H,4,9-13H2,1-3H3. The molecule has 0 aliphatic carbocycles. The summed E-state index contributed by atoms with van der Waals surface area (Å²) in [6.45, 7) is 6.22. The van der Waals surface area contributed by atoms with Gasteiger partial charge in [0.1, 0.15) is 0 Å². The van der Waals surface area contributed by atoms with Crippen molar-refractivity contribution in [3.05, 3.63) is 35.4 Å². The number of carbonyl (C=O) groups is 1. The van der Waals surface area contributed by atoms with Crippen LogP contribution in [0, 0.1) is 12.8 Å². The van der Waals surface area contributed by atoms with Gasteiger partial charge in [-0.1, -0.05) is 36.8 Å². The van der Waals surface area contributed by atoms with E-state index < -0.39 is 0 Å². The summed E-state index contributed by atoms with van der Waals surface area (Å²) in [5, 5.41) is 3.33. The predicted octanol–water partition coefficient (Wildman–Crippen LogP) is 2.77. The van der Waals surface area contributed by atoms with Crippen LogP contribution in [0.25, 0.3) is 0 Å². The van der Waals surface area contributed by atoms with Crippen LogP contribution in [0.1, 0.15) is 37.3 Å². The van der Waals surface area contributed by atoms with Gasteiger partial charge >= 0.3 is 0 Å². The molecule has 3 nitrogen and oxygen atoms in total. The first kappa shape index (κ1) is 16.0. The molecule has 1 aliphatic heterocycles. The number of hydrogen-bond donors (Lipinski definition) is 1. The summed E-state index contributed by atoms with van der Waals surface area (Å²) >= 11 is 0. The Kier molecular flexibility index (Phi) is 5.80. The Bertz CT molecular complexity index is 449. The van der Waals surface area contributed by atoms with Crippen molar-refractivity contribution < 1.29 is 4.79 Å². The molecular formula is C18H28N2O. The topological polar surface area (TPSA) is 32.3 Å². The lowest BCUT2D eigenvalue weighted by atomic mass is 9.94. The Balaban J connectivity index is 1.98. The summed E-state index contributed by atoms with van der Waals surface area (Å²) in [4.78, 5) is 14.6. The highest BCUT2D eigenvalue weighted by atomic mass is 16.2. The second-order valence-electron chi connectivity index (χ2n) is 6.23. The summed E-state index contributed by atoms with van der Waals surface area (Å²) in [5.74, 6) is 0.541. The van der Waals surface area contributed by atoms with Gasteiger partial charge in [0.05, 0.1) is 0 Å². The second kappa shape index (κ2) is 7.60. The van der Waals surface area contributed by atoms with Gasteiger partial charge in [0.25, 0.3) is 0 Å². The lowest BCUT2D eigenvalue weighted by molar-refractivity contribution is -0.137. The van der Waals surface area contributed by atoms with Crippen LogP contribution in [0.5, 0.6) is 0 Å². The van der Waals surface area contributed by atoms with Crippen molar-refractivity contribution in [1.29, 1.82) is 0 Å². The molecule has 1 unspecified atom stereocenters. The van der Waals surface area contributed by atoms with E-state index in [1.165, 1.54) is 11.1 Å². The van der Waals surface area contributed by atoms with Crippen LogP contribution in [0.15, 0.2) is 24.3 Å². The fourth-order valence-corrected chi connectivity index (χ4v) is 3.09. The molecule has 0 spiro atoms. The molecule has 0 saturated carbocycles. The van der Waals surface area contributed by atoms with Crippen LogP contribution < -0.4 is 5.32 Å². The van der Waals surface area contributed by atoms with Crippen molar-refractivity contribution in [2.75, 3.05) is 20.1 Å². The normalized spacial score (nSPS) is 17.5. The summed E-state index contributed by atoms with van der Waals surface area (Å²) in [6, 6.07) is 8.96. The van der Waals surface area contributed by atoms with Gasteiger partial charge in [-0.05, 0) is 51.3 Å². The zero-order chi connectivity index (χ0) is 15.2. The molecule has 116 valence electrons. The number of likely N-dealkylation sites (N-methyl/N-ethyl adjacent to an activating group) is 1. The minimum Gasteiger partial charge on any atom is -0.342 e. The minimum atomic E-state index is 0.211. The SMILES string of the molecule is CCC(Cc1ccc(C)cc1)N(C)C(=O)C1CCNCC1. The molecule has 1 amide bonds. The van der Waals surface area contributed by atoms with Gasteiger partial charge < -0.3 is 10.2 Å². The number of carbonyl (C=O) groups excluding carboxylic acids is 1. The smallest absolute Gasteiger partial charge is 0.225 e. The number of piperidine rings is 1. The highest BCUT2D eigenvalue weighted by molar-refractivity contribution is 5.79. The molecular weight excluding hydrogens is 260 g/mol. The molecule has 1 aromatic carbocycles. The molecule has 1 heterocycles. The first-order valence-corrected chi connectivity index (χ1v) is 8.14. The van der Waals surface area contributed by atoms with Crippen LogP contribution >= 0.6 is 0 Å². The average Bonchev–Trinajstić information content (AvgIpc) is 2.54. The zero-order valence-corrected chi connectivity index (χ0v) is 13.6. The van der Waals surface area contributed by atoms with E-state index in [2.05, 4.69) is 43.4 Å².